The average Bonchev–Trinajstić information content (AvgIpc) is 3.94. The zero-order chi connectivity index (χ0) is 46.3. The van der Waals surface area contributed by atoms with Gasteiger partial charge in [0.05, 0.1) is 16.7 Å². The second kappa shape index (κ2) is 17.8. The summed E-state index contributed by atoms with van der Waals surface area (Å²) in [5.41, 5.74) is 15.2. The van der Waals surface area contributed by atoms with E-state index in [4.69, 9.17) is 19.9 Å². The lowest BCUT2D eigenvalue weighted by molar-refractivity contribution is 1.07. The number of hydrogen-bond acceptors (Lipinski definition) is 5. The van der Waals surface area contributed by atoms with Gasteiger partial charge in [-0.3, -0.25) is 4.98 Å². The van der Waals surface area contributed by atoms with Crippen molar-refractivity contribution in [1.29, 1.82) is 0 Å². The van der Waals surface area contributed by atoms with E-state index in [1.807, 2.05) is 84.3 Å². The van der Waals surface area contributed by atoms with Crippen LogP contribution in [-0.4, -0.2) is 24.5 Å². The lowest BCUT2D eigenvalue weighted by atomic mass is 9.92. The van der Waals surface area contributed by atoms with Crippen LogP contribution in [0.5, 0.6) is 0 Å². The van der Waals surface area contributed by atoms with Crippen LogP contribution in [-0.2, 0) is 0 Å². The minimum Gasteiger partial charge on any atom is -0.309 e. The molecule has 0 bridgehead atoms. The molecule has 0 saturated carbocycles. The molecular formula is C63H43N5S. The van der Waals surface area contributed by atoms with Crippen molar-refractivity contribution in [3.8, 4) is 73.2 Å². The van der Waals surface area contributed by atoms with Crippen LogP contribution in [0.3, 0.4) is 0 Å². The number of fused-ring (bicyclic) bond motifs is 5. The number of para-hydroxylation sites is 2. The smallest absolute Gasteiger partial charge is 0.166 e. The molecule has 0 fully saturated rings. The van der Waals surface area contributed by atoms with E-state index < -0.39 is 0 Å². The van der Waals surface area contributed by atoms with Gasteiger partial charge in [-0.05, 0) is 101 Å². The van der Waals surface area contributed by atoms with Gasteiger partial charge < -0.3 is 4.57 Å². The topological polar surface area (TPSA) is 56.5 Å². The molecular weight excluding hydrogens is 859 g/mol. The Morgan fingerprint density at radius 1 is 0.478 bits per heavy atom. The fraction of sp³-hybridized carbons (Fsp3) is 0.0159. The van der Waals surface area contributed by atoms with E-state index in [0.29, 0.717) is 17.5 Å². The molecule has 0 aliphatic rings. The maximum atomic E-state index is 5.42. The van der Waals surface area contributed by atoms with Gasteiger partial charge in [0.2, 0.25) is 0 Å². The van der Waals surface area contributed by atoms with Gasteiger partial charge in [-0.15, -0.1) is 11.3 Å². The molecule has 6 heteroatoms. The third-order valence-electron chi connectivity index (χ3n) is 12.8. The van der Waals surface area contributed by atoms with Crippen LogP contribution in [0.25, 0.3) is 117 Å². The Labute approximate surface area is 404 Å². The van der Waals surface area contributed by atoms with E-state index >= 15 is 0 Å². The molecule has 0 spiro atoms. The monoisotopic (exact) mass is 901 g/mol. The number of pyridine rings is 1. The predicted molar refractivity (Wildman–Crippen MR) is 289 cm³/mol. The van der Waals surface area contributed by atoms with Crippen molar-refractivity contribution >= 4 is 54.9 Å². The summed E-state index contributed by atoms with van der Waals surface area (Å²) in [6, 6.07) is 74.2. The predicted octanol–water partition coefficient (Wildman–Crippen LogP) is 16.6. The van der Waals surface area contributed by atoms with E-state index in [-0.39, 0.29) is 0 Å². The summed E-state index contributed by atoms with van der Waals surface area (Å²) in [7, 11) is 0. The van der Waals surface area contributed by atoms with E-state index in [1.54, 1.807) is 0 Å². The first kappa shape index (κ1) is 41.6. The van der Waals surface area contributed by atoms with Gasteiger partial charge in [-0.1, -0.05) is 170 Å². The van der Waals surface area contributed by atoms with Crippen LogP contribution < -0.4 is 0 Å². The largest absolute Gasteiger partial charge is 0.309 e. The lowest BCUT2D eigenvalue weighted by Gasteiger charge is -2.15. The van der Waals surface area contributed by atoms with Crippen molar-refractivity contribution < 1.29 is 0 Å². The molecule has 0 radical (unpaired) electrons. The summed E-state index contributed by atoms with van der Waals surface area (Å²) < 4.78 is 3.60. The number of aromatic nitrogens is 5. The van der Waals surface area contributed by atoms with Crippen molar-refractivity contribution in [1.82, 2.24) is 24.5 Å². The highest BCUT2D eigenvalue weighted by Crippen LogP contribution is 2.44. The zero-order valence-corrected chi connectivity index (χ0v) is 38.6. The van der Waals surface area contributed by atoms with Crippen LogP contribution in [0.1, 0.15) is 16.1 Å². The number of nitrogens with zero attached hydrogens (tertiary/aromatic N) is 5. The zero-order valence-electron chi connectivity index (χ0n) is 37.8. The Hall–Kier alpha value is -8.84. The molecule has 12 aromatic rings. The third-order valence-corrected chi connectivity index (χ3v) is 13.9. The number of benzene rings is 8. The number of thiophene rings is 1. The fourth-order valence-electron chi connectivity index (χ4n) is 9.54. The van der Waals surface area contributed by atoms with Gasteiger partial charge >= 0.3 is 0 Å². The van der Waals surface area contributed by atoms with Crippen LogP contribution in [0.2, 0.25) is 0 Å². The summed E-state index contributed by atoms with van der Waals surface area (Å²) in [5.74, 6) is 1.67. The second-order valence-corrected chi connectivity index (χ2v) is 18.3. The Morgan fingerprint density at radius 2 is 0.986 bits per heavy atom. The molecule has 0 aliphatic carbocycles. The summed E-state index contributed by atoms with van der Waals surface area (Å²) in [4.78, 5) is 22.3. The highest BCUT2D eigenvalue weighted by atomic mass is 32.1. The second-order valence-electron chi connectivity index (χ2n) is 17.1. The molecule has 0 aliphatic heterocycles. The molecule has 12 rings (SSSR count). The van der Waals surface area contributed by atoms with Gasteiger partial charge in [0, 0.05) is 65.4 Å². The van der Waals surface area contributed by atoms with Crippen molar-refractivity contribution in [2.75, 3.05) is 0 Å². The van der Waals surface area contributed by atoms with E-state index in [2.05, 4.69) is 176 Å². The number of allylic oxidation sites excluding steroid dienone is 2. The van der Waals surface area contributed by atoms with Crippen molar-refractivity contribution in [2.45, 2.75) is 6.92 Å². The van der Waals surface area contributed by atoms with Crippen molar-refractivity contribution in [3.63, 3.8) is 0 Å². The Bertz CT molecular complexity index is 3780. The molecule has 0 N–H and O–H groups in total. The summed E-state index contributed by atoms with van der Waals surface area (Å²) >= 11 is 1.81. The maximum Gasteiger partial charge on any atom is 0.166 e. The van der Waals surface area contributed by atoms with Gasteiger partial charge in [0.15, 0.2) is 17.5 Å². The molecule has 326 valence electrons. The number of hydrogen-bond donors (Lipinski definition) is 0. The minimum absolute atomic E-state index is 0.516. The van der Waals surface area contributed by atoms with Gasteiger partial charge in [0.25, 0.3) is 0 Å². The molecule has 0 atom stereocenters. The number of rotatable bonds is 10. The standard InChI is InChI=1S/C63H43N5S/c1-3-42(38-53-41(2)69-57-34-33-56-58(59(53)57)52-31-19-20-32-55(52)68(56)51-29-17-8-18-30-51)60-54(63-66-61(45-25-13-6-14-26-45)65-62(67-63)46-27-15-7-16-28-46)39-50(40-64-60)49-36-47(43-21-9-4-10-22-43)35-48(37-49)44-23-11-5-12-24-44/h3-40H,1H2,2H3/b42-38+. The first-order valence-corrected chi connectivity index (χ1v) is 23.9. The van der Waals surface area contributed by atoms with Gasteiger partial charge in [-0.2, -0.15) is 0 Å². The Kier molecular flexibility index (Phi) is 10.7. The highest BCUT2D eigenvalue weighted by molar-refractivity contribution is 7.19. The summed E-state index contributed by atoms with van der Waals surface area (Å²) in [5, 5.41) is 3.64. The van der Waals surface area contributed by atoms with Crippen LogP contribution in [0.4, 0.5) is 0 Å². The molecule has 8 aromatic carbocycles. The van der Waals surface area contributed by atoms with Crippen LogP contribution in [0.15, 0.2) is 231 Å². The molecule has 0 unspecified atom stereocenters. The maximum absolute atomic E-state index is 5.42. The Balaban J connectivity index is 1.12. The molecule has 69 heavy (non-hydrogen) atoms. The summed E-state index contributed by atoms with van der Waals surface area (Å²) in [6.45, 7) is 6.67. The fourth-order valence-corrected chi connectivity index (χ4v) is 10.6. The van der Waals surface area contributed by atoms with Crippen molar-refractivity contribution in [3.05, 3.63) is 247 Å². The minimum atomic E-state index is 0.516. The highest BCUT2D eigenvalue weighted by Gasteiger charge is 2.22. The molecule has 4 aromatic heterocycles. The van der Waals surface area contributed by atoms with Crippen LogP contribution >= 0.6 is 11.3 Å². The summed E-state index contributed by atoms with van der Waals surface area (Å²) in [6.07, 6.45) is 6.17. The normalized spacial score (nSPS) is 11.7. The van der Waals surface area contributed by atoms with E-state index in [1.165, 1.54) is 31.3 Å². The van der Waals surface area contributed by atoms with Crippen molar-refractivity contribution in [2.24, 2.45) is 0 Å². The van der Waals surface area contributed by atoms with Crippen LogP contribution in [0, 0.1) is 6.92 Å². The van der Waals surface area contributed by atoms with E-state index in [0.717, 1.165) is 78.1 Å². The molecule has 0 amide bonds. The molecule has 5 nitrogen and oxygen atoms in total. The van der Waals surface area contributed by atoms with Gasteiger partial charge in [0.1, 0.15) is 0 Å². The Morgan fingerprint density at radius 3 is 1.57 bits per heavy atom. The average molecular weight is 902 g/mol. The third kappa shape index (κ3) is 7.73. The number of aryl methyl sites for hydroxylation is 1. The van der Waals surface area contributed by atoms with Gasteiger partial charge in [-0.25, -0.2) is 15.0 Å². The quantitative estimate of drug-likeness (QED) is 0.128. The molecule has 0 saturated heterocycles. The first-order valence-electron chi connectivity index (χ1n) is 23.1. The lowest BCUT2D eigenvalue weighted by Crippen LogP contribution is -2.03. The first-order chi connectivity index (χ1) is 34.1. The SMILES string of the molecule is C=C/C(=C\c1c(C)sc2ccc3c(c4ccccc4n3-c3ccccc3)c12)c1ncc(-c2cc(-c3ccccc3)cc(-c3ccccc3)c2)cc1-c1nc(-c2ccccc2)nc(-c2ccccc2)n1. The van der Waals surface area contributed by atoms with E-state index in [9.17, 15) is 0 Å². The molecule has 4 heterocycles.